The molecule has 2 amide bonds. The number of rotatable bonds is 10. The lowest BCUT2D eigenvalue weighted by Gasteiger charge is -2.26. The highest BCUT2D eigenvalue weighted by molar-refractivity contribution is 7.92. The lowest BCUT2D eigenvalue weighted by Crippen LogP contribution is -2.42. The molecule has 0 unspecified atom stereocenters. The molecule has 0 saturated carbocycles. The van der Waals surface area contributed by atoms with Gasteiger partial charge >= 0.3 is 0 Å². The van der Waals surface area contributed by atoms with Crippen molar-refractivity contribution in [1.29, 1.82) is 0 Å². The molecule has 39 heavy (non-hydrogen) atoms. The van der Waals surface area contributed by atoms with Crippen LogP contribution in [0.2, 0.25) is 0 Å². The van der Waals surface area contributed by atoms with Crippen molar-refractivity contribution in [3.05, 3.63) is 90.2 Å². The summed E-state index contributed by atoms with van der Waals surface area (Å²) in [6, 6.07) is 19.1. The summed E-state index contributed by atoms with van der Waals surface area (Å²) in [6.07, 6.45) is 1.38. The molecule has 1 saturated heterocycles. The van der Waals surface area contributed by atoms with E-state index in [4.69, 9.17) is 9.47 Å². The number of benzene rings is 3. The number of carbonyl (C=O) groups is 2. The molecule has 10 nitrogen and oxygen atoms in total. The van der Waals surface area contributed by atoms with Gasteiger partial charge in [0.15, 0.2) is 6.61 Å². The van der Waals surface area contributed by atoms with Gasteiger partial charge in [0, 0.05) is 13.1 Å². The zero-order chi connectivity index (χ0) is 27.7. The van der Waals surface area contributed by atoms with Gasteiger partial charge in [0.2, 0.25) is 0 Å². The van der Waals surface area contributed by atoms with Crippen molar-refractivity contribution in [3.63, 3.8) is 0 Å². The van der Waals surface area contributed by atoms with Gasteiger partial charge in [-0.25, -0.2) is 18.2 Å². The second kappa shape index (κ2) is 13.0. The van der Waals surface area contributed by atoms with Crippen LogP contribution < -0.4 is 14.5 Å². The van der Waals surface area contributed by atoms with Gasteiger partial charge in [-0.15, -0.1) is 0 Å². The maximum absolute atomic E-state index is 13.4. The van der Waals surface area contributed by atoms with Crippen molar-refractivity contribution in [1.82, 2.24) is 10.3 Å². The number of hydrogen-bond acceptors (Lipinski definition) is 7. The first-order valence-corrected chi connectivity index (χ1v) is 13.5. The topological polar surface area (TPSA) is 118 Å². The molecule has 4 rings (SSSR count). The number of halogens is 1. The SMILES string of the molecule is O=C(CN(c1ccc(F)cc1)S(=O)(=O)c1ccccc1)N/N=C\c1ccc(OCC(=O)N2CCOCC2)cc1. The Balaban J connectivity index is 1.35. The monoisotopic (exact) mass is 554 g/mol. The first-order chi connectivity index (χ1) is 18.8. The first-order valence-electron chi connectivity index (χ1n) is 12.1. The van der Waals surface area contributed by atoms with E-state index in [1.807, 2.05) is 0 Å². The van der Waals surface area contributed by atoms with Crippen molar-refractivity contribution < 1.29 is 31.9 Å². The van der Waals surface area contributed by atoms with Crippen LogP contribution in [0.15, 0.2) is 88.9 Å². The number of morpholine rings is 1. The molecule has 1 aliphatic heterocycles. The van der Waals surface area contributed by atoms with Gasteiger partial charge in [-0.1, -0.05) is 18.2 Å². The fourth-order valence-electron chi connectivity index (χ4n) is 3.69. The van der Waals surface area contributed by atoms with E-state index in [1.54, 1.807) is 47.4 Å². The Hall–Kier alpha value is -4.29. The van der Waals surface area contributed by atoms with E-state index in [-0.39, 0.29) is 23.1 Å². The molecule has 1 fully saturated rings. The Labute approximate surface area is 225 Å². The number of sulfonamides is 1. The van der Waals surface area contributed by atoms with E-state index in [0.717, 1.165) is 16.4 Å². The third kappa shape index (κ3) is 7.62. The molecule has 0 aliphatic carbocycles. The Kier molecular flexibility index (Phi) is 9.23. The molecule has 0 atom stereocenters. The number of nitrogens with one attached hydrogen (secondary N) is 1. The quantitative estimate of drug-likeness (QED) is 0.304. The lowest BCUT2D eigenvalue weighted by molar-refractivity contribution is -0.137. The van der Waals surface area contributed by atoms with Gasteiger partial charge in [-0.2, -0.15) is 5.10 Å². The van der Waals surface area contributed by atoms with Crippen molar-refractivity contribution in [2.45, 2.75) is 4.90 Å². The smallest absolute Gasteiger partial charge is 0.264 e. The number of anilines is 1. The predicted octanol–water partition coefficient (Wildman–Crippen LogP) is 2.41. The van der Waals surface area contributed by atoms with Gasteiger partial charge < -0.3 is 14.4 Å². The largest absolute Gasteiger partial charge is 0.484 e. The standard InChI is InChI=1S/C27H27FN4O6S/c28-22-8-10-23(11-9-22)32(39(35,36)25-4-2-1-3-5-25)19-26(33)30-29-18-21-6-12-24(13-7-21)38-20-27(34)31-14-16-37-17-15-31/h1-13,18H,14-17,19-20H2,(H,30,33)/b29-18-. The first kappa shape index (κ1) is 27.7. The van der Waals surface area contributed by atoms with E-state index in [0.29, 0.717) is 37.6 Å². The molecule has 0 spiro atoms. The van der Waals surface area contributed by atoms with Gasteiger partial charge in [-0.05, 0) is 66.2 Å². The van der Waals surface area contributed by atoms with Crippen molar-refractivity contribution in [2.75, 3.05) is 43.8 Å². The molecule has 0 aromatic heterocycles. The van der Waals surface area contributed by atoms with Gasteiger partial charge in [0.25, 0.3) is 21.8 Å². The van der Waals surface area contributed by atoms with Crippen molar-refractivity contribution >= 4 is 33.7 Å². The zero-order valence-electron chi connectivity index (χ0n) is 20.9. The van der Waals surface area contributed by atoms with Crippen molar-refractivity contribution in [2.24, 2.45) is 5.10 Å². The minimum absolute atomic E-state index is 0.0143. The molecule has 204 valence electrons. The summed E-state index contributed by atoms with van der Waals surface area (Å²) in [6.45, 7) is 1.46. The van der Waals surface area contributed by atoms with Crippen LogP contribution in [0.1, 0.15) is 5.56 Å². The summed E-state index contributed by atoms with van der Waals surface area (Å²) in [7, 11) is -4.11. The van der Waals surface area contributed by atoms with Crippen LogP contribution in [0.3, 0.4) is 0 Å². The highest BCUT2D eigenvalue weighted by Crippen LogP contribution is 2.23. The predicted molar refractivity (Wildman–Crippen MR) is 142 cm³/mol. The third-order valence-electron chi connectivity index (χ3n) is 5.74. The van der Waals surface area contributed by atoms with Crippen LogP contribution in [-0.4, -0.2) is 70.8 Å². The Morgan fingerprint density at radius 2 is 1.67 bits per heavy atom. The molecule has 3 aromatic rings. The molecular formula is C27H27FN4O6S. The van der Waals surface area contributed by atoms with E-state index in [1.165, 1.54) is 30.5 Å². The summed E-state index contributed by atoms with van der Waals surface area (Å²) in [5.41, 5.74) is 3.08. The lowest BCUT2D eigenvalue weighted by atomic mass is 10.2. The summed E-state index contributed by atoms with van der Waals surface area (Å²) < 4.78 is 51.6. The van der Waals surface area contributed by atoms with E-state index < -0.39 is 28.3 Å². The Bertz CT molecular complexity index is 1390. The summed E-state index contributed by atoms with van der Waals surface area (Å²) in [4.78, 5) is 26.5. The molecule has 3 aromatic carbocycles. The molecule has 1 N–H and O–H groups in total. The normalized spacial score (nSPS) is 13.7. The molecular weight excluding hydrogens is 527 g/mol. The highest BCUT2D eigenvalue weighted by Gasteiger charge is 2.27. The van der Waals surface area contributed by atoms with E-state index in [2.05, 4.69) is 10.5 Å². The summed E-state index contributed by atoms with van der Waals surface area (Å²) in [5.74, 6) is -0.851. The van der Waals surface area contributed by atoms with Crippen LogP contribution in [0, 0.1) is 5.82 Å². The summed E-state index contributed by atoms with van der Waals surface area (Å²) in [5, 5.41) is 3.90. The van der Waals surface area contributed by atoms with E-state index in [9.17, 15) is 22.4 Å². The van der Waals surface area contributed by atoms with E-state index >= 15 is 0 Å². The van der Waals surface area contributed by atoms with Gasteiger partial charge in [0.05, 0.1) is 30.0 Å². The Morgan fingerprint density at radius 1 is 1.00 bits per heavy atom. The highest BCUT2D eigenvalue weighted by atomic mass is 32.2. The number of nitrogens with zero attached hydrogens (tertiary/aromatic N) is 3. The minimum Gasteiger partial charge on any atom is -0.484 e. The molecule has 1 aliphatic rings. The molecule has 12 heteroatoms. The maximum atomic E-state index is 13.4. The summed E-state index contributed by atoms with van der Waals surface area (Å²) >= 11 is 0. The average Bonchev–Trinajstić information content (AvgIpc) is 2.97. The number of carbonyl (C=O) groups excluding carboxylic acids is 2. The maximum Gasteiger partial charge on any atom is 0.264 e. The third-order valence-corrected chi connectivity index (χ3v) is 7.53. The minimum atomic E-state index is -4.11. The number of amides is 2. The molecule has 0 radical (unpaired) electrons. The fourth-order valence-corrected chi connectivity index (χ4v) is 5.13. The average molecular weight is 555 g/mol. The number of ether oxygens (including phenoxy) is 2. The zero-order valence-corrected chi connectivity index (χ0v) is 21.7. The van der Waals surface area contributed by atoms with Crippen LogP contribution in [0.4, 0.5) is 10.1 Å². The van der Waals surface area contributed by atoms with Gasteiger partial charge in [-0.3, -0.25) is 13.9 Å². The molecule has 0 bridgehead atoms. The fraction of sp³-hybridized carbons (Fsp3) is 0.222. The molecule has 1 heterocycles. The Morgan fingerprint density at radius 3 is 2.33 bits per heavy atom. The van der Waals surface area contributed by atoms with Crippen LogP contribution in [-0.2, 0) is 24.3 Å². The van der Waals surface area contributed by atoms with Crippen molar-refractivity contribution in [3.8, 4) is 5.75 Å². The number of hydrogen-bond donors (Lipinski definition) is 1. The second-order valence-electron chi connectivity index (χ2n) is 8.45. The second-order valence-corrected chi connectivity index (χ2v) is 10.3. The van der Waals surface area contributed by atoms with Crippen LogP contribution >= 0.6 is 0 Å². The number of hydrazone groups is 1. The van der Waals surface area contributed by atoms with Gasteiger partial charge in [0.1, 0.15) is 18.1 Å². The van der Waals surface area contributed by atoms with Crippen LogP contribution in [0.5, 0.6) is 5.75 Å². The van der Waals surface area contributed by atoms with Crippen LogP contribution in [0.25, 0.3) is 0 Å².